The van der Waals surface area contributed by atoms with E-state index in [1.807, 2.05) is 13.0 Å². The Bertz CT molecular complexity index is 385. The number of anilines is 1. The van der Waals surface area contributed by atoms with Gasteiger partial charge < -0.3 is 5.32 Å². The summed E-state index contributed by atoms with van der Waals surface area (Å²) in [5, 5.41) is 3.42. The summed E-state index contributed by atoms with van der Waals surface area (Å²) in [5.41, 5.74) is 1.32. The second kappa shape index (κ2) is 6.37. The first-order chi connectivity index (χ1) is 8.30. The molecule has 0 bridgehead atoms. The van der Waals surface area contributed by atoms with E-state index in [0.29, 0.717) is 0 Å². The molecular formula is C14H24ClN3. The first kappa shape index (κ1) is 15.2. The van der Waals surface area contributed by atoms with Crippen LogP contribution in [0.15, 0.2) is 6.07 Å². The van der Waals surface area contributed by atoms with E-state index in [9.17, 15) is 0 Å². The Kier molecular flexibility index (Phi) is 5.39. The summed E-state index contributed by atoms with van der Waals surface area (Å²) in [6.07, 6.45) is 1.90. The Hall–Kier alpha value is -0.830. The van der Waals surface area contributed by atoms with Crippen molar-refractivity contribution in [2.45, 2.75) is 52.8 Å². The Morgan fingerprint density at radius 1 is 1.33 bits per heavy atom. The molecular weight excluding hydrogens is 246 g/mol. The Labute approximate surface area is 115 Å². The maximum absolute atomic E-state index is 6.32. The molecule has 1 rings (SSSR count). The number of nitrogens with one attached hydrogen (secondary N) is 1. The highest BCUT2D eigenvalue weighted by Crippen LogP contribution is 2.23. The van der Waals surface area contributed by atoms with Gasteiger partial charge in [-0.2, -0.15) is 0 Å². The monoisotopic (exact) mass is 269 g/mol. The molecule has 0 radical (unpaired) electrons. The Balaban J connectivity index is 2.55. The second-order valence-corrected chi connectivity index (χ2v) is 6.51. The fourth-order valence-electron chi connectivity index (χ4n) is 1.85. The number of hydrogen-bond donors (Lipinski definition) is 1. The maximum atomic E-state index is 6.32. The molecule has 1 atom stereocenters. The van der Waals surface area contributed by atoms with Crippen LogP contribution in [0.5, 0.6) is 0 Å². The lowest BCUT2D eigenvalue weighted by atomic mass is 9.90. The minimum atomic E-state index is 0.116. The molecule has 102 valence electrons. The third-order valence-corrected chi connectivity index (χ3v) is 2.90. The van der Waals surface area contributed by atoms with Gasteiger partial charge in [0, 0.05) is 18.3 Å². The van der Waals surface area contributed by atoms with Crippen LogP contribution in [0.1, 0.15) is 45.6 Å². The first-order valence-corrected chi connectivity index (χ1v) is 6.96. The summed E-state index contributed by atoms with van der Waals surface area (Å²) < 4.78 is 0. The number of halogens is 1. The molecule has 0 spiro atoms. The molecule has 0 saturated carbocycles. The molecule has 18 heavy (non-hydrogen) atoms. The van der Waals surface area contributed by atoms with E-state index < -0.39 is 0 Å². The SMILES string of the molecule is CCc1cc(NCC(Cl)CC(C)(C)C)nc(C)n1. The van der Waals surface area contributed by atoms with Gasteiger partial charge in [0.05, 0.1) is 5.38 Å². The van der Waals surface area contributed by atoms with Crippen LogP contribution in [0.3, 0.4) is 0 Å². The van der Waals surface area contributed by atoms with E-state index in [0.717, 1.165) is 36.7 Å². The van der Waals surface area contributed by atoms with Crippen molar-refractivity contribution in [3.8, 4) is 0 Å². The van der Waals surface area contributed by atoms with Crippen LogP contribution in [-0.4, -0.2) is 21.9 Å². The summed E-state index contributed by atoms with van der Waals surface area (Å²) >= 11 is 6.32. The van der Waals surface area contributed by atoms with Gasteiger partial charge in [-0.15, -0.1) is 11.6 Å². The smallest absolute Gasteiger partial charge is 0.129 e. The summed E-state index contributed by atoms with van der Waals surface area (Å²) in [6, 6.07) is 1.99. The van der Waals surface area contributed by atoms with Crippen molar-refractivity contribution >= 4 is 17.4 Å². The molecule has 0 saturated heterocycles. The highest BCUT2D eigenvalue weighted by molar-refractivity contribution is 6.20. The molecule has 0 aliphatic carbocycles. The molecule has 1 N–H and O–H groups in total. The average Bonchev–Trinajstić information content (AvgIpc) is 2.23. The molecule has 0 fully saturated rings. The largest absolute Gasteiger partial charge is 0.368 e. The third kappa shape index (κ3) is 5.67. The van der Waals surface area contributed by atoms with Gasteiger partial charge in [0.1, 0.15) is 11.6 Å². The van der Waals surface area contributed by atoms with Crippen molar-refractivity contribution in [3.63, 3.8) is 0 Å². The fourth-order valence-corrected chi connectivity index (χ4v) is 2.39. The number of aromatic nitrogens is 2. The molecule has 1 heterocycles. The van der Waals surface area contributed by atoms with E-state index >= 15 is 0 Å². The van der Waals surface area contributed by atoms with Gasteiger partial charge in [-0.25, -0.2) is 9.97 Å². The van der Waals surface area contributed by atoms with Crippen LogP contribution < -0.4 is 5.32 Å². The van der Waals surface area contributed by atoms with Gasteiger partial charge in [0.15, 0.2) is 0 Å². The second-order valence-electron chi connectivity index (χ2n) is 5.89. The Morgan fingerprint density at radius 3 is 2.56 bits per heavy atom. The van der Waals surface area contributed by atoms with E-state index in [1.54, 1.807) is 0 Å². The van der Waals surface area contributed by atoms with Crippen LogP contribution in [-0.2, 0) is 6.42 Å². The zero-order valence-corrected chi connectivity index (χ0v) is 12.8. The van der Waals surface area contributed by atoms with Gasteiger partial charge in [0.2, 0.25) is 0 Å². The van der Waals surface area contributed by atoms with E-state index in [-0.39, 0.29) is 10.8 Å². The lowest BCUT2D eigenvalue weighted by Crippen LogP contribution is -2.21. The van der Waals surface area contributed by atoms with Gasteiger partial charge in [0.25, 0.3) is 0 Å². The normalized spacial score (nSPS) is 13.4. The average molecular weight is 270 g/mol. The fraction of sp³-hybridized carbons (Fsp3) is 0.714. The van der Waals surface area contributed by atoms with Crippen molar-refractivity contribution in [3.05, 3.63) is 17.6 Å². The minimum absolute atomic E-state index is 0.116. The summed E-state index contributed by atoms with van der Waals surface area (Å²) in [7, 11) is 0. The van der Waals surface area contributed by atoms with Gasteiger partial charge in [-0.3, -0.25) is 0 Å². The van der Waals surface area contributed by atoms with Gasteiger partial charge in [-0.05, 0) is 25.2 Å². The first-order valence-electron chi connectivity index (χ1n) is 6.52. The molecule has 0 aromatic carbocycles. The lowest BCUT2D eigenvalue weighted by molar-refractivity contribution is 0.373. The lowest BCUT2D eigenvalue weighted by Gasteiger charge is -2.22. The van der Waals surface area contributed by atoms with E-state index in [4.69, 9.17) is 11.6 Å². The van der Waals surface area contributed by atoms with Crippen LogP contribution in [0, 0.1) is 12.3 Å². The zero-order valence-electron chi connectivity index (χ0n) is 12.0. The maximum Gasteiger partial charge on any atom is 0.129 e. The van der Waals surface area contributed by atoms with Crippen molar-refractivity contribution in [2.24, 2.45) is 5.41 Å². The number of hydrogen-bond acceptors (Lipinski definition) is 3. The van der Waals surface area contributed by atoms with Crippen LogP contribution >= 0.6 is 11.6 Å². The molecule has 1 aromatic heterocycles. The quantitative estimate of drug-likeness (QED) is 0.826. The van der Waals surface area contributed by atoms with E-state index in [1.165, 1.54) is 0 Å². The van der Waals surface area contributed by atoms with Crippen molar-refractivity contribution in [2.75, 3.05) is 11.9 Å². The standard InChI is InChI=1S/C14H24ClN3/c1-6-12-7-13(18-10(2)17-12)16-9-11(15)8-14(3,4)5/h7,11H,6,8-9H2,1-5H3,(H,16,17,18). The van der Waals surface area contributed by atoms with Crippen molar-refractivity contribution in [1.29, 1.82) is 0 Å². The molecule has 0 aliphatic heterocycles. The molecule has 3 nitrogen and oxygen atoms in total. The minimum Gasteiger partial charge on any atom is -0.368 e. The Morgan fingerprint density at radius 2 is 2.00 bits per heavy atom. The molecule has 1 aromatic rings. The molecule has 1 unspecified atom stereocenters. The predicted octanol–water partition coefficient (Wildman–Crippen LogP) is 3.80. The highest BCUT2D eigenvalue weighted by Gasteiger charge is 2.16. The summed E-state index contributed by atoms with van der Waals surface area (Å²) in [6.45, 7) is 11.3. The highest BCUT2D eigenvalue weighted by atomic mass is 35.5. The van der Waals surface area contributed by atoms with Crippen molar-refractivity contribution < 1.29 is 0 Å². The number of nitrogens with zero attached hydrogens (tertiary/aromatic N) is 2. The zero-order chi connectivity index (χ0) is 13.8. The van der Waals surface area contributed by atoms with E-state index in [2.05, 4.69) is 43.0 Å². The van der Waals surface area contributed by atoms with Crippen LogP contribution in [0.4, 0.5) is 5.82 Å². The number of rotatable bonds is 5. The summed E-state index contributed by atoms with van der Waals surface area (Å²) in [4.78, 5) is 8.72. The third-order valence-electron chi connectivity index (χ3n) is 2.59. The predicted molar refractivity (Wildman–Crippen MR) is 78.3 cm³/mol. The van der Waals surface area contributed by atoms with Crippen LogP contribution in [0.2, 0.25) is 0 Å². The molecule has 0 amide bonds. The van der Waals surface area contributed by atoms with Gasteiger partial charge in [-0.1, -0.05) is 27.7 Å². The topological polar surface area (TPSA) is 37.8 Å². The summed E-state index contributed by atoms with van der Waals surface area (Å²) in [5.74, 6) is 1.68. The van der Waals surface area contributed by atoms with Gasteiger partial charge >= 0.3 is 0 Å². The van der Waals surface area contributed by atoms with Crippen molar-refractivity contribution in [1.82, 2.24) is 9.97 Å². The number of aryl methyl sites for hydroxylation is 2. The van der Waals surface area contributed by atoms with Crippen LogP contribution in [0.25, 0.3) is 0 Å². The molecule has 0 aliphatic rings. The molecule has 4 heteroatoms. The number of alkyl halides is 1.